The normalized spacial score (nSPS) is 10.3. The van der Waals surface area contributed by atoms with E-state index >= 15 is 0 Å². The van der Waals surface area contributed by atoms with Crippen molar-refractivity contribution in [2.75, 3.05) is 13.4 Å². The SMILES string of the molecule is COc1cc(CCCC(=O)O)c(SC)cc1C. The summed E-state index contributed by atoms with van der Waals surface area (Å²) in [5.74, 6) is 0.128. The second-order valence-electron chi connectivity index (χ2n) is 3.88. The van der Waals surface area contributed by atoms with Crippen LogP contribution in [0.4, 0.5) is 0 Å². The molecule has 1 rings (SSSR count). The summed E-state index contributed by atoms with van der Waals surface area (Å²) in [6, 6.07) is 4.11. The summed E-state index contributed by atoms with van der Waals surface area (Å²) < 4.78 is 5.29. The number of rotatable bonds is 6. The lowest BCUT2D eigenvalue weighted by atomic mass is 10.1. The van der Waals surface area contributed by atoms with Gasteiger partial charge in [0.25, 0.3) is 0 Å². The van der Waals surface area contributed by atoms with Crippen LogP contribution in [0.15, 0.2) is 17.0 Å². The van der Waals surface area contributed by atoms with Gasteiger partial charge in [-0.1, -0.05) is 0 Å². The number of carboxylic acid groups (broad SMARTS) is 1. The molecule has 0 unspecified atom stereocenters. The van der Waals surface area contributed by atoms with E-state index in [1.54, 1.807) is 18.9 Å². The van der Waals surface area contributed by atoms with Gasteiger partial charge in [0.2, 0.25) is 0 Å². The minimum Gasteiger partial charge on any atom is -0.496 e. The number of benzene rings is 1. The second kappa shape index (κ2) is 6.55. The Kier molecular flexibility index (Phi) is 5.35. The van der Waals surface area contributed by atoms with Crippen molar-refractivity contribution in [3.8, 4) is 5.75 Å². The molecule has 0 radical (unpaired) electrons. The first-order valence-electron chi connectivity index (χ1n) is 5.51. The maximum atomic E-state index is 10.5. The van der Waals surface area contributed by atoms with Crippen molar-refractivity contribution in [1.29, 1.82) is 0 Å². The van der Waals surface area contributed by atoms with Gasteiger partial charge in [-0.25, -0.2) is 0 Å². The molecule has 1 N–H and O–H groups in total. The Morgan fingerprint density at radius 1 is 1.47 bits per heavy atom. The number of hydrogen-bond acceptors (Lipinski definition) is 3. The fourth-order valence-corrected chi connectivity index (χ4v) is 2.46. The van der Waals surface area contributed by atoms with E-state index in [2.05, 4.69) is 6.07 Å². The summed E-state index contributed by atoms with van der Waals surface area (Å²) in [7, 11) is 1.65. The van der Waals surface area contributed by atoms with Crippen molar-refractivity contribution in [2.24, 2.45) is 0 Å². The lowest BCUT2D eigenvalue weighted by molar-refractivity contribution is -0.137. The lowest BCUT2D eigenvalue weighted by Crippen LogP contribution is -1.98. The quantitative estimate of drug-likeness (QED) is 0.792. The fourth-order valence-electron chi connectivity index (χ4n) is 1.74. The molecule has 0 fully saturated rings. The van der Waals surface area contributed by atoms with Crippen molar-refractivity contribution in [1.82, 2.24) is 0 Å². The molecule has 0 aromatic heterocycles. The summed E-state index contributed by atoms with van der Waals surface area (Å²) in [6.45, 7) is 2.01. The molecule has 0 atom stereocenters. The molecule has 94 valence electrons. The number of aryl methyl sites for hydroxylation is 2. The van der Waals surface area contributed by atoms with Crippen LogP contribution in [0, 0.1) is 6.92 Å². The zero-order chi connectivity index (χ0) is 12.8. The molecule has 0 aliphatic rings. The average molecular weight is 254 g/mol. The molecule has 3 nitrogen and oxygen atoms in total. The molecular formula is C13H18O3S. The number of carbonyl (C=O) groups is 1. The summed E-state index contributed by atoms with van der Waals surface area (Å²) in [5.41, 5.74) is 2.28. The van der Waals surface area contributed by atoms with Crippen LogP contribution in [-0.2, 0) is 11.2 Å². The Balaban J connectivity index is 2.84. The number of hydrogen-bond donors (Lipinski definition) is 1. The molecule has 17 heavy (non-hydrogen) atoms. The van der Waals surface area contributed by atoms with E-state index in [1.807, 2.05) is 19.2 Å². The first kappa shape index (κ1) is 13.9. The molecule has 0 spiro atoms. The van der Waals surface area contributed by atoms with Crippen molar-refractivity contribution >= 4 is 17.7 Å². The summed E-state index contributed by atoms with van der Waals surface area (Å²) in [5, 5.41) is 8.63. The van der Waals surface area contributed by atoms with Gasteiger partial charge in [0.05, 0.1) is 7.11 Å². The molecule has 0 aliphatic carbocycles. The van der Waals surface area contributed by atoms with Crippen LogP contribution >= 0.6 is 11.8 Å². The van der Waals surface area contributed by atoms with E-state index in [1.165, 1.54) is 10.5 Å². The number of aliphatic carboxylic acids is 1. The smallest absolute Gasteiger partial charge is 0.303 e. The van der Waals surface area contributed by atoms with Crippen molar-refractivity contribution in [2.45, 2.75) is 31.1 Å². The van der Waals surface area contributed by atoms with Crippen LogP contribution in [0.5, 0.6) is 5.75 Å². The van der Waals surface area contributed by atoms with Crippen molar-refractivity contribution in [3.05, 3.63) is 23.3 Å². The van der Waals surface area contributed by atoms with Gasteiger partial charge in [0.1, 0.15) is 5.75 Å². The number of ether oxygens (including phenoxy) is 1. The van der Waals surface area contributed by atoms with E-state index in [-0.39, 0.29) is 6.42 Å². The molecule has 1 aromatic carbocycles. The highest BCUT2D eigenvalue weighted by atomic mass is 32.2. The van der Waals surface area contributed by atoms with Crippen LogP contribution in [0.2, 0.25) is 0 Å². The van der Waals surface area contributed by atoms with Gasteiger partial charge >= 0.3 is 5.97 Å². The standard InChI is InChI=1S/C13H18O3S/c1-9-7-12(17-3)10(8-11(9)16-2)5-4-6-13(14)15/h7-8H,4-6H2,1-3H3,(H,14,15). The topological polar surface area (TPSA) is 46.5 Å². The zero-order valence-electron chi connectivity index (χ0n) is 10.4. The third kappa shape index (κ3) is 3.97. The maximum absolute atomic E-state index is 10.5. The average Bonchev–Trinajstić information content (AvgIpc) is 2.30. The first-order chi connectivity index (χ1) is 8.08. The highest BCUT2D eigenvalue weighted by Gasteiger charge is 2.08. The van der Waals surface area contributed by atoms with Crippen molar-refractivity contribution in [3.63, 3.8) is 0 Å². The van der Waals surface area contributed by atoms with Crippen LogP contribution < -0.4 is 4.74 Å². The molecular weight excluding hydrogens is 236 g/mol. The van der Waals surface area contributed by atoms with Crippen molar-refractivity contribution < 1.29 is 14.6 Å². The van der Waals surface area contributed by atoms with Gasteiger partial charge in [-0.15, -0.1) is 11.8 Å². The fraction of sp³-hybridized carbons (Fsp3) is 0.462. The molecule has 0 amide bonds. The summed E-state index contributed by atoms with van der Waals surface area (Å²) in [4.78, 5) is 11.7. The number of methoxy groups -OCH3 is 1. The van der Waals surface area contributed by atoms with Gasteiger partial charge in [-0.2, -0.15) is 0 Å². The van der Waals surface area contributed by atoms with Gasteiger partial charge in [0.15, 0.2) is 0 Å². The van der Waals surface area contributed by atoms with E-state index in [4.69, 9.17) is 9.84 Å². The van der Waals surface area contributed by atoms with Crippen LogP contribution in [0.3, 0.4) is 0 Å². The molecule has 0 saturated carbocycles. The Morgan fingerprint density at radius 3 is 2.71 bits per heavy atom. The van der Waals surface area contributed by atoms with Gasteiger partial charge in [-0.05, 0) is 49.3 Å². The highest BCUT2D eigenvalue weighted by Crippen LogP contribution is 2.29. The van der Waals surface area contributed by atoms with E-state index in [9.17, 15) is 4.79 Å². The van der Waals surface area contributed by atoms with E-state index in [0.717, 1.165) is 17.7 Å². The highest BCUT2D eigenvalue weighted by molar-refractivity contribution is 7.98. The largest absolute Gasteiger partial charge is 0.496 e. The van der Waals surface area contributed by atoms with E-state index < -0.39 is 5.97 Å². The Labute approximate surface area is 106 Å². The predicted molar refractivity (Wildman–Crippen MR) is 70.1 cm³/mol. The minimum absolute atomic E-state index is 0.212. The second-order valence-corrected chi connectivity index (χ2v) is 4.73. The molecule has 0 saturated heterocycles. The van der Waals surface area contributed by atoms with Crippen LogP contribution in [-0.4, -0.2) is 24.4 Å². The Morgan fingerprint density at radius 2 is 2.18 bits per heavy atom. The van der Waals surface area contributed by atoms with Gasteiger partial charge in [0, 0.05) is 11.3 Å². The predicted octanol–water partition coefficient (Wildman–Crippen LogP) is 3.13. The Hall–Kier alpha value is -1.16. The molecule has 0 heterocycles. The van der Waals surface area contributed by atoms with Crippen LogP contribution in [0.25, 0.3) is 0 Å². The first-order valence-corrected chi connectivity index (χ1v) is 6.74. The van der Waals surface area contributed by atoms with Gasteiger partial charge < -0.3 is 9.84 Å². The van der Waals surface area contributed by atoms with E-state index in [0.29, 0.717) is 6.42 Å². The maximum Gasteiger partial charge on any atom is 0.303 e. The molecule has 0 bridgehead atoms. The molecule has 4 heteroatoms. The third-order valence-corrected chi connectivity index (χ3v) is 3.45. The number of carboxylic acids is 1. The Bertz CT molecular complexity index is 402. The monoisotopic (exact) mass is 254 g/mol. The lowest BCUT2D eigenvalue weighted by Gasteiger charge is -2.12. The van der Waals surface area contributed by atoms with Crippen LogP contribution in [0.1, 0.15) is 24.0 Å². The summed E-state index contributed by atoms with van der Waals surface area (Å²) >= 11 is 1.68. The number of thioether (sulfide) groups is 1. The molecule has 0 aliphatic heterocycles. The zero-order valence-corrected chi connectivity index (χ0v) is 11.3. The van der Waals surface area contributed by atoms with Gasteiger partial charge in [-0.3, -0.25) is 4.79 Å². The molecule has 1 aromatic rings. The third-order valence-electron chi connectivity index (χ3n) is 2.63. The summed E-state index contributed by atoms with van der Waals surface area (Å²) in [6.07, 6.45) is 3.68. The minimum atomic E-state index is -0.741.